The van der Waals surface area contributed by atoms with Gasteiger partial charge < -0.3 is 9.72 Å². The van der Waals surface area contributed by atoms with Crippen LogP contribution < -0.4 is 10.2 Å². The fourth-order valence-corrected chi connectivity index (χ4v) is 2.98. The number of amides is 1. The zero-order chi connectivity index (χ0) is 20.8. The molecule has 0 saturated heterocycles. The van der Waals surface area contributed by atoms with Gasteiger partial charge >= 0.3 is 0 Å². The first-order valence-corrected chi connectivity index (χ1v) is 9.84. The molecule has 0 aliphatic heterocycles. The SMILES string of the molecule is CCCOc1ccc(/C=N/NC(=O)c2ccc3nc(-c4ccccc4)[nH]c3c2)cc1. The van der Waals surface area contributed by atoms with Gasteiger partial charge in [0.15, 0.2) is 0 Å². The summed E-state index contributed by atoms with van der Waals surface area (Å²) in [4.78, 5) is 20.3. The number of H-pyrrole nitrogens is 1. The number of fused-ring (bicyclic) bond motifs is 1. The summed E-state index contributed by atoms with van der Waals surface area (Å²) in [6.45, 7) is 2.76. The van der Waals surface area contributed by atoms with Crippen LogP contribution in [0.5, 0.6) is 5.75 Å². The molecule has 3 aromatic carbocycles. The number of hydrazone groups is 1. The molecule has 0 radical (unpaired) electrons. The number of imidazole rings is 1. The Morgan fingerprint density at radius 1 is 1.10 bits per heavy atom. The molecule has 1 heterocycles. The second-order valence-corrected chi connectivity index (χ2v) is 6.80. The van der Waals surface area contributed by atoms with E-state index in [1.54, 1.807) is 18.3 Å². The second kappa shape index (κ2) is 9.05. The Hall–Kier alpha value is -3.93. The van der Waals surface area contributed by atoms with Crippen molar-refractivity contribution in [1.82, 2.24) is 15.4 Å². The van der Waals surface area contributed by atoms with Crippen molar-refractivity contribution >= 4 is 23.2 Å². The molecule has 0 aliphatic carbocycles. The van der Waals surface area contributed by atoms with Crippen LogP contribution in [0.3, 0.4) is 0 Å². The lowest BCUT2D eigenvalue weighted by atomic mass is 10.2. The number of nitrogens with zero attached hydrogens (tertiary/aromatic N) is 2. The van der Waals surface area contributed by atoms with Gasteiger partial charge in [-0.3, -0.25) is 4.79 Å². The normalized spacial score (nSPS) is 11.1. The molecule has 0 atom stereocenters. The summed E-state index contributed by atoms with van der Waals surface area (Å²) in [6, 6.07) is 22.8. The van der Waals surface area contributed by atoms with E-state index in [2.05, 4.69) is 27.4 Å². The average Bonchev–Trinajstić information content (AvgIpc) is 3.22. The summed E-state index contributed by atoms with van der Waals surface area (Å²) in [7, 11) is 0. The van der Waals surface area contributed by atoms with E-state index in [0.29, 0.717) is 12.2 Å². The van der Waals surface area contributed by atoms with Crippen molar-refractivity contribution in [3.63, 3.8) is 0 Å². The molecule has 0 fully saturated rings. The highest BCUT2D eigenvalue weighted by molar-refractivity contribution is 5.98. The monoisotopic (exact) mass is 398 g/mol. The highest BCUT2D eigenvalue weighted by atomic mass is 16.5. The molecular formula is C24H22N4O2. The number of aromatic amines is 1. The van der Waals surface area contributed by atoms with Gasteiger partial charge in [0.2, 0.25) is 0 Å². The fourth-order valence-electron chi connectivity index (χ4n) is 2.98. The number of hydrogen-bond donors (Lipinski definition) is 2. The summed E-state index contributed by atoms with van der Waals surface area (Å²) < 4.78 is 5.55. The maximum atomic E-state index is 12.4. The Morgan fingerprint density at radius 3 is 2.67 bits per heavy atom. The number of rotatable bonds is 7. The first-order valence-electron chi connectivity index (χ1n) is 9.84. The Bertz CT molecular complexity index is 1170. The van der Waals surface area contributed by atoms with Gasteiger partial charge in [0.25, 0.3) is 5.91 Å². The Labute approximate surface area is 174 Å². The molecule has 1 aromatic heterocycles. The largest absolute Gasteiger partial charge is 0.494 e. The number of carbonyl (C=O) groups excluding carboxylic acids is 1. The smallest absolute Gasteiger partial charge is 0.271 e. The van der Waals surface area contributed by atoms with Crippen molar-refractivity contribution in [2.24, 2.45) is 5.10 Å². The molecule has 6 heteroatoms. The zero-order valence-corrected chi connectivity index (χ0v) is 16.6. The molecule has 0 saturated carbocycles. The Kier molecular flexibility index (Phi) is 5.85. The first kappa shape index (κ1) is 19.4. The molecule has 0 bridgehead atoms. The summed E-state index contributed by atoms with van der Waals surface area (Å²) in [5, 5.41) is 4.05. The van der Waals surface area contributed by atoms with Crippen LogP contribution in [0.15, 0.2) is 77.9 Å². The van der Waals surface area contributed by atoms with Crippen LogP contribution in [0.25, 0.3) is 22.4 Å². The summed E-state index contributed by atoms with van der Waals surface area (Å²) >= 11 is 0. The van der Waals surface area contributed by atoms with Crippen molar-refractivity contribution in [3.05, 3.63) is 83.9 Å². The molecule has 1 amide bonds. The van der Waals surface area contributed by atoms with Crippen LogP contribution in [0.4, 0.5) is 0 Å². The van der Waals surface area contributed by atoms with Gasteiger partial charge in [0.1, 0.15) is 11.6 Å². The van der Waals surface area contributed by atoms with Gasteiger partial charge in [-0.05, 0) is 54.4 Å². The number of carbonyl (C=O) groups is 1. The second-order valence-electron chi connectivity index (χ2n) is 6.80. The molecule has 4 rings (SSSR count). The third-order valence-electron chi connectivity index (χ3n) is 4.52. The van der Waals surface area contributed by atoms with E-state index in [9.17, 15) is 4.79 Å². The standard InChI is InChI=1S/C24H22N4O2/c1-2-14-30-20-11-8-17(9-12-20)16-25-28-24(29)19-10-13-21-22(15-19)27-23(26-21)18-6-4-3-5-7-18/h3-13,15-16H,2,14H2,1H3,(H,26,27)(H,28,29)/b25-16+. The molecular weight excluding hydrogens is 376 g/mol. The Balaban J connectivity index is 1.42. The highest BCUT2D eigenvalue weighted by Gasteiger charge is 2.09. The third kappa shape index (κ3) is 4.55. The van der Waals surface area contributed by atoms with Gasteiger partial charge in [-0.2, -0.15) is 5.10 Å². The molecule has 150 valence electrons. The number of ether oxygens (including phenoxy) is 1. The number of benzene rings is 3. The van der Waals surface area contributed by atoms with E-state index in [4.69, 9.17) is 4.74 Å². The topological polar surface area (TPSA) is 79.4 Å². The quantitative estimate of drug-likeness (QED) is 0.347. The van der Waals surface area contributed by atoms with E-state index in [0.717, 1.165) is 40.2 Å². The van der Waals surface area contributed by atoms with E-state index in [1.165, 1.54) is 0 Å². The number of nitrogens with one attached hydrogen (secondary N) is 2. The minimum absolute atomic E-state index is 0.285. The highest BCUT2D eigenvalue weighted by Crippen LogP contribution is 2.21. The number of hydrogen-bond acceptors (Lipinski definition) is 4. The molecule has 0 spiro atoms. The van der Waals surface area contributed by atoms with E-state index < -0.39 is 0 Å². The lowest BCUT2D eigenvalue weighted by molar-refractivity contribution is 0.0955. The number of aromatic nitrogens is 2. The maximum Gasteiger partial charge on any atom is 0.271 e. The maximum absolute atomic E-state index is 12.4. The minimum atomic E-state index is -0.285. The molecule has 0 aliphatic rings. The lowest BCUT2D eigenvalue weighted by Crippen LogP contribution is -2.17. The summed E-state index contributed by atoms with van der Waals surface area (Å²) in [5.41, 5.74) is 6.54. The van der Waals surface area contributed by atoms with Gasteiger partial charge in [0.05, 0.1) is 23.9 Å². The van der Waals surface area contributed by atoms with Crippen molar-refractivity contribution in [2.45, 2.75) is 13.3 Å². The minimum Gasteiger partial charge on any atom is -0.494 e. The molecule has 6 nitrogen and oxygen atoms in total. The lowest BCUT2D eigenvalue weighted by Gasteiger charge is -2.04. The van der Waals surface area contributed by atoms with Crippen LogP contribution in [-0.4, -0.2) is 28.7 Å². The molecule has 0 unspecified atom stereocenters. The van der Waals surface area contributed by atoms with Crippen LogP contribution in [-0.2, 0) is 0 Å². The first-order chi connectivity index (χ1) is 14.7. The van der Waals surface area contributed by atoms with Crippen molar-refractivity contribution < 1.29 is 9.53 Å². The zero-order valence-electron chi connectivity index (χ0n) is 16.6. The summed E-state index contributed by atoms with van der Waals surface area (Å²) in [5.74, 6) is 1.31. The molecule has 30 heavy (non-hydrogen) atoms. The molecule has 4 aromatic rings. The van der Waals surface area contributed by atoms with Gasteiger partial charge in [0, 0.05) is 11.1 Å². The van der Waals surface area contributed by atoms with Crippen molar-refractivity contribution in [1.29, 1.82) is 0 Å². The van der Waals surface area contributed by atoms with E-state index >= 15 is 0 Å². The molecule has 2 N–H and O–H groups in total. The van der Waals surface area contributed by atoms with Crippen LogP contribution in [0.2, 0.25) is 0 Å². The average molecular weight is 398 g/mol. The van der Waals surface area contributed by atoms with E-state index in [1.807, 2.05) is 60.7 Å². The van der Waals surface area contributed by atoms with Crippen LogP contribution in [0.1, 0.15) is 29.3 Å². The van der Waals surface area contributed by atoms with Gasteiger partial charge in [-0.1, -0.05) is 37.3 Å². The van der Waals surface area contributed by atoms with Crippen LogP contribution in [0, 0.1) is 0 Å². The fraction of sp³-hybridized carbons (Fsp3) is 0.125. The predicted molar refractivity (Wildman–Crippen MR) is 119 cm³/mol. The predicted octanol–water partition coefficient (Wildman–Crippen LogP) is 4.78. The third-order valence-corrected chi connectivity index (χ3v) is 4.52. The Morgan fingerprint density at radius 2 is 1.90 bits per heavy atom. The van der Waals surface area contributed by atoms with Crippen LogP contribution >= 0.6 is 0 Å². The van der Waals surface area contributed by atoms with E-state index in [-0.39, 0.29) is 5.91 Å². The van der Waals surface area contributed by atoms with Gasteiger partial charge in [-0.15, -0.1) is 0 Å². The van der Waals surface area contributed by atoms with Crippen molar-refractivity contribution in [3.8, 4) is 17.1 Å². The van der Waals surface area contributed by atoms with Gasteiger partial charge in [-0.25, -0.2) is 10.4 Å². The van der Waals surface area contributed by atoms with Crippen molar-refractivity contribution in [2.75, 3.05) is 6.61 Å². The summed E-state index contributed by atoms with van der Waals surface area (Å²) in [6.07, 6.45) is 2.57.